The van der Waals surface area contributed by atoms with Gasteiger partial charge in [0.05, 0.1) is 23.0 Å². The van der Waals surface area contributed by atoms with Crippen molar-refractivity contribution in [3.8, 4) is 0 Å². The molecule has 0 unspecified atom stereocenters. The molecule has 3 aromatic carbocycles. The first-order valence-electron chi connectivity index (χ1n) is 11.2. The van der Waals surface area contributed by atoms with Gasteiger partial charge in [0.25, 0.3) is 17.7 Å². The fraction of sp³-hybridized carbons (Fsp3) is 0.111. The summed E-state index contributed by atoms with van der Waals surface area (Å²) in [4.78, 5) is 51.7. The van der Waals surface area contributed by atoms with Crippen molar-refractivity contribution in [1.82, 2.24) is 0 Å². The Bertz CT molecular complexity index is 1440. The number of ether oxygens (including phenoxy) is 1. The number of halogens is 2. The normalized spacial score (nSPS) is 13.3. The maximum absolute atomic E-state index is 13.1. The van der Waals surface area contributed by atoms with E-state index in [0.29, 0.717) is 16.9 Å². The van der Waals surface area contributed by atoms with Crippen molar-refractivity contribution >= 4 is 68.3 Å². The second kappa shape index (κ2) is 11.0. The zero-order valence-electron chi connectivity index (χ0n) is 19.7. The molecule has 0 radical (unpaired) electrons. The minimum absolute atomic E-state index is 0.127. The second-order valence-electron chi connectivity index (χ2n) is 8.28. The van der Waals surface area contributed by atoms with Gasteiger partial charge in [0.2, 0.25) is 0 Å². The van der Waals surface area contributed by atoms with Gasteiger partial charge < -0.3 is 15.4 Å². The molecule has 0 atom stereocenters. The highest BCUT2D eigenvalue weighted by molar-refractivity contribution is 9.10. The third-order valence-electron chi connectivity index (χ3n) is 5.25. The number of hydrogen-bond acceptors (Lipinski definition) is 6. The smallest absolute Gasteiger partial charge is 0.338 e. The number of imide groups is 1. The highest BCUT2D eigenvalue weighted by Crippen LogP contribution is 2.31. The van der Waals surface area contributed by atoms with Crippen LogP contribution in [-0.4, -0.2) is 29.8 Å². The highest BCUT2D eigenvalue weighted by Gasteiger charge is 2.39. The van der Waals surface area contributed by atoms with Gasteiger partial charge in [-0.2, -0.15) is 0 Å². The summed E-state index contributed by atoms with van der Waals surface area (Å²) in [5, 5.41) is 5.38. The lowest BCUT2D eigenvalue weighted by molar-refractivity contribution is -0.120. The molecule has 1 heterocycles. The van der Waals surface area contributed by atoms with Crippen molar-refractivity contribution in [2.45, 2.75) is 20.0 Å². The minimum atomic E-state index is -0.713. The Balaban J connectivity index is 1.50. The Morgan fingerprint density at radius 1 is 0.919 bits per heavy atom. The van der Waals surface area contributed by atoms with E-state index >= 15 is 0 Å². The maximum Gasteiger partial charge on any atom is 0.338 e. The third kappa shape index (κ3) is 5.73. The van der Waals surface area contributed by atoms with Crippen molar-refractivity contribution in [1.29, 1.82) is 0 Å². The lowest BCUT2D eigenvalue weighted by Crippen LogP contribution is -2.32. The molecule has 1 aliphatic heterocycles. The molecule has 0 spiro atoms. The zero-order valence-corrected chi connectivity index (χ0v) is 22.1. The van der Waals surface area contributed by atoms with Crippen molar-refractivity contribution in [2.75, 3.05) is 15.5 Å². The fourth-order valence-corrected chi connectivity index (χ4v) is 4.11. The van der Waals surface area contributed by atoms with E-state index in [2.05, 4.69) is 26.6 Å². The van der Waals surface area contributed by atoms with Gasteiger partial charge in [-0.15, -0.1) is 0 Å². The number of hydrogen-bond donors (Lipinski definition) is 2. The molecule has 0 fully saturated rings. The van der Waals surface area contributed by atoms with Crippen LogP contribution in [-0.2, 0) is 14.3 Å². The monoisotopic (exact) mass is 581 g/mol. The van der Waals surface area contributed by atoms with E-state index in [1.807, 2.05) is 6.07 Å². The van der Waals surface area contributed by atoms with E-state index in [1.54, 1.807) is 56.3 Å². The van der Waals surface area contributed by atoms with Gasteiger partial charge in [-0.3, -0.25) is 14.4 Å². The van der Waals surface area contributed by atoms with E-state index in [1.165, 1.54) is 24.3 Å². The van der Waals surface area contributed by atoms with E-state index in [-0.39, 0.29) is 34.0 Å². The molecule has 0 saturated carbocycles. The largest absolute Gasteiger partial charge is 0.459 e. The molecule has 4 rings (SSSR count). The van der Waals surface area contributed by atoms with Crippen molar-refractivity contribution < 1.29 is 23.9 Å². The number of rotatable bonds is 7. The van der Waals surface area contributed by atoms with E-state index in [9.17, 15) is 19.2 Å². The Hall–Kier alpha value is -3.95. The van der Waals surface area contributed by atoms with Crippen LogP contribution in [0.4, 0.5) is 17.1 Å². The summed E-state index contributed by atoms with van der Waals surface area (Å²) >= 11 is 9.62. The first-order valence-corrected chi connectivity index (χ1v) is 12.4. The van der Waals surface area contributed by atoms with Crippen LogP contribution in [0.3, 0.4) is 0 Å². The lowest BCUT2D eigenvalue weighted by Gasteiger charge is -2.16. The van der Waals surface area contributed by atoms with Crippen molar-refractivity contribution in [2.24, 2.45) is 0 Å². The Kier molecular flexibility index (Phi) is 7.75. The van der Waals surface area contributed by atoms with Crippen LogP contribution >= 0.6 is 27.5 Å². The predicted molar refractivity (Wildman–Crippen MR) is 145 cm³/mol. The van der Waals surface area contributed by atoms with Gasteiger partial charge in [0.1, 0.15) is 10.7 Å². The van der Waals surface area contributed by atoms with Crippen LogP contribution in [0.15, 0.2) is 88.0 Å². The number of nitrogens with one attached hydrogen (secondary N) is 2. The van der Waals surface area contributed by atoms with Crippen LogP contribution in [0.2, 0.25) is 0 Å². The summed E-state index contributed by atoms with van der Waals surface area (Å²) in [6, 6.07) is 19.5. The van der Waals surface area contributed by atoms with Gasteiger partial charge in [0, 0.05) is 15.7 Å². The average molecular weight is 583 g/mol. The van der Waals surface area contributed by atoms with Crippen LogP contribution in [0.5, 0.6) is 0 Å². The summed E-state index contributed by atoms with van der Waals surface area (Å²) in [6.07, 6.45) is -0.282. The summed E-state index contributed by atoms with van der Waals surface area (Å²) in [6.45, 7) is 3.47. The predicted octanol–water partition coefficient (Wildman–Crippen LogP) is 5.70. The minimum Gasteiger partial charge on any atom is -0.459 e. The standard InChI is InChI=1S/C27H21BrClN3O5/c1-15(2)37-27(36)16-10-12-19(13-11-16)32-25(34)22(29)23(26(32)35)30-18-7-5-6-17(14-18)24(33)31-21-9-4-3-8-20(21)28/h3-15,30H,1-2H3,(H,31,33). The van der Waals surface area contributed by atoms with Crippen molar-refractivity contribution in [3.63, 3.8) is 0 Å². The SMILES string of the molecule is CC(C)OC(=O)c1ccc(N2C(=O)C(Cl)=C(Nc3cccc(C(=O)Nc4ccccc4Br)c3)C2=O)cc1. The van der Waals surface area contributed by atoms with Crippen molar-refractivity contribution in [3.05, 3.63) is 99.1 Å². The molecule has 0 saturated heterocycles. The molecule has 0 bridgehead atoms. The molecule has 188 valence electrons. The summed E-state index contributed by atoms with van der Waals surface area (Å²) in [5.74, 6) is -2.25. The van der Waals surface area contributed by atoms with Gasteiger partial charge in [0.15, 0.2) is 0 Å². The molecule has 0 aliphatic carbocycles. The number of carbonyl (C=O) groups excluding carboxylic acids is 4. The van der Waals surface area contributed by atoms with E-state index in [0.717, 1.165) is 9.37 Å². The number of esters is 1. The molecular formula is C27H21BrClN3O5. The van der Waals surface area contributed by atoms with E-state index in [4.69, 9.17) is 16.3 Å². The van der Waals surface area contributed by atoms with Gasteiger partial charge in [-0.25, -0.2) is 9.69 Å². The summed E-state index contributed by atoms with van der Waals surface area (Å²) in [5.41, 5.74) is 1.72. The van der Waals surface area contributed by atoms with Crippen LogP contribution in [0, 0.1) is 0 Å². The maximum atomic E-state index is 13.1. The zero-order chi connectivity index (χ0) is 26.7. The van der Waals surface area contributed by atoms with Crippen LogP contribution < -0.4 is 15.5 Å². The van der Waals surface area contributed by atoms with Gasteiger partial charge in [-0.05, 0) is 84.4 Å². The average Bonchev–Trinajstić information content (AvgIpc) is 3.08. The number of anilines is 3. The molecule has 8 nitrogen and oxygen atoms in total. The summed E-state index contributed by atoms with van der Waals surface area (Å²) in [7, 11) is 0. The Labute approximate surface area is 226 Å². The second-order valence-corrected chi connectivity index (χ2v) is 9.51. The van der Waals surface area contributed by atoms with Crippen LogP contribution in [0.25, 0.3) is 0 Å². The highest BCUT2D eigenvalue weighted by atomic mass is 79.9. The summed E-state index contributed by atoms with van der Waals surface area (Å²) < 4.78 is 5.88. The quantitative estimate of drug-likeness (QED) is 0.273. The first-order chi connectivity index (χ1) is 17.7. The Morgan fingerprint density at radius 3 is 2.30 bits per heavy atom. The molecule has 37 heavy (non-hydrogen) atoms. The number of nitrogens with zero attached hydrogens (tertiary/aromatic N) is 1. The number of amides is 3. The number of carbonyl (C=O) groups is 4. The molecule has 1 aliphatic rings. The van der Waals surface area contributed by atoms with E-state index < -0.39 is 17.8 Å². The number of benzene rings is 3. The lowest BCUT2D eigenvalue weighted by atomic mass is 10.1. The Morgan fingerprint density at radius 2 is 1.62 bits per heavy atom. The fourth-order valence-electron chi connectivity index (χ4n) is 3.51. The first kappa shape index (κ1) is 26.1. The molecule has 10 heteroatoms. The molecule has 3 aromatic rings. The third-order valence-corrected chi connectivity index (χ3v) is 6.29. The van der Waals surface area contributed by atoms with Crippen LogP contribution in [0.1, 0.15) is 34.6 Å². The van der Waals surface area contributed by atoms with Gasteiger partial charge >= 0.3 is 5.97 Å². The molecule has 2 N–H and O–H groups in total. The molecule has 0 aromatic heterocycles. The molecule has 3 amide bonds. The van der Waals surface area contributed by atoms with Gasteiger partial charge in [-0.1, -0.05) is 29.8 Å². The molecular weight excluding hydrogens is 562 g/mol. The number of para-hydroxylation sites is 1. The topological polar surface area (TPSA) is 105 Å².